The van der Waals surface area contributed by atoms with E-state index in [1.54, 1.807) is 0 Å². The second-order valence-electron chi connectivity index (χ2n) is 13.1. The molecule has 8 aromatic rings. The highest BCUT2D eigenvalue weighted by Crippen LogP contribution is 2.55. The summed E-state index contributed by atoms with van der Waals surface area (Å²) in [4.78, 5) is 6.93. The van der Waals surface area contributed by atoms with Crippen molar-refractivity contribution in [2.45, 2.75) is 19.3 Å². The number of anilines is 3. The predicted molar refractivity (Wildman–Crippen MR) is 198 cm³/mol. The van der Waals surface area contributed by atoms with Crippen molar-refractivity contribution in [3.8, 4) is 28.4 Å². The van der Waals surface area contributed by atoms with E-state index in [1.807, 2.05) is 59.4 Å². The number of hydrogen-bond acceptors (Lipinski definition) is 3. The molecule has 0 unspecified atom stereocenters. The van der Waals surface area contributed by atoms with Gasteiger partial charge in [0.15, 0.2) is 5.65 Å². The van der Waals surface area contributed by atoms with E-state index in [0.29, 0.717) is 0 Å². The monoisotopic (exact) mass is 634 g/mol. The van der Waals surface area contributed by atoms with E-state index in [4.69, 9.17) is 4.74 Å². The topological polar surface area (TPSA) is 34.2 Å². The standard InChI is InChI=1S/C44H34N4O/c1-44(2)37-21-7-8-23-39(37)47(31-15-5-4-6-16-31)40-25-24-35-36-20-13-27-46(3)43(36)48(42(35)41(40)44)32-17-12-19-34(29-32)49-33-18-11-14-30(28-33)38-22-9-10-26-45-38/h4-29H,3H2,1-2H3. The van der Waals surface area contributed by atoms with Crippen LogP contribution in [0, 0.1) is 7.05 Å². The molecule has 9 rings (SSSR count). The van der Waals surface area contributed by atoms with E-state index in [1.165, 1.54) is 27.9 Å². The van der Waals surface area contributed by atoms with Crippen molar-refractivity contribution in [3.63, 3.8) is 0 Å². The summed E-state index contributed by atoms with van der Waals surface area (Å²) >= 11 is 0. The molecule has 0 spiro atoms. The van der Waals surface area contributed by atoms with Crippen molar-refractivity contribution in [2.75, 3.05) is 4.90 Å². The number of rotatable bonds is 5. The Morgan fingerprint density at radius 3 is 2.24 bits per heavy atom. The van der Waals surface area contributed by atoms with Gasteiger partial charge >= 0.3 is 0 Å². The molecule has 5 nitrogen and oxygen atoms in total. The van der Waals surface area contributed by atoms with Gasteiger partial charge in [0.25, 0.3) is 0 Å². The molecule has 0 radical (unpaired) electrons. The fourth-order valence-electron chi connectivity index (χ4n) is 7.58. The number of para-hydroxylation sites is 2. The Bertz CT molecular complexity index is 2520. The molecule has 0 saturated carbocycles. The molecule has 0 saturated heterocycles. The minimum atomic E-state index is -0.311. The van der Waals surface area contributed by atoms with Crippen LogP contribution >= 0.6 is 0 Å². The average Bonchev–Trinajstić information content (AvgIpc) is 3.48. The maximum Gasteiger partial charge on any atom is 0.192 e. The fraction of sp³-hybridized carbons (Fsp3) is 0.0682. The number of benzene rings is 5. The quantitative estimate of drug-likeness (QED) is 0.140. The number of pyridine rings is 2. The SMILES string of the molecule is [CH2-][n+]1cccc2c3ccc4c(c3n(-c3cccc(Oc5cccc(-c6ccccn6)c5)c3)c21)C(C)(C)c1ccccc1N4c1ccccc1. The van der Waals surface area contributed by atoms with E-state index in [9.17, 15) is 0 Å². The molecule has 0 bridgehead atoms. The third kappa shape index (κ3) is 4.58. The van der Waals surface area contributed by atoms with E-state index in [-0.39, 0.29) is 5.41 Å². The van der Waals surface area contributed by atoms with Gasteiger partial charge in [0.1, 0.15) is 22.7 Å². The Balaban J connectivity index is 1.28. The lowest BCUT2D eigenvalue weighted by molar-refractivity contribution is -0.586. The summed E-state index contributed by atoms with van der Waals surface area (Å²) in [5.74, 6) is 1.50. The van der Waals surface area contributed by atoms with Crippen LogP contribution in [-0.4, -0.2) is 9.55 Å². The number of fused-ring (bicyclic) bond motifs is 6. The Morgan fingerprint density at radius 1 is 0.653 bits per heavy atom. The second kappa shape index (κ2) is 11.1. The second-order valence-corrected chi connectivity index (χ2v) is 13.1. The Hall–Kier alpha value is -6.33. The Morgan fingerprint density at radius 2 is 1.41 bits per heavy atom. The molecule has 1 aliphatic heterocycles. The van der Waals surface area contributed by atoms with Crippen molar-refractivity contribution < 1.29 is 9.30 Å². The Labute approximate surface area is 285 Å². The molecular formula is C44H34N4O. The molecule has 0 aliphatic carbocycles. The van der Waals surface area contributed by atoms with E-state index in [0.717, 1.165) is 50.7 Å². The van der Waals surface area contributed by atoms with Gasteiger partial charge in [-0.25, -0.2) is 4.57 Å². The zero-order chi connectivity index (χ0) is 33.1. The van der Waals surface area contributed by atoms with Crippen LogP contribution in [0.15, 0.2) is 158 Å². The summed E-state index contributed by atoms with van der Waals surface area (Å²) in [6.07, 6.45) is 3.83. The van der Waals surface area contributed by atoms with Crippen molar-refractivity contribution in [1.29, 1.82) is 0 Å². The van der Waals surface area contributed by atoms with Crippen LogP contribution in [0.5, 0.6) is 11.5 Å². The van der Waals surface area contributed by atoms with Gasteiger partial charge in [-0.1, -0.05) is 86.6 Å². The smallest absolute Gasteiger partial charge is 0.192 e. The maximum atomic E-state index is 6.54. The summed E-state index contributed by atoms with van der Waals surface area (Å²) in [6, 6.07) is 50.7. The van der Waals surface area contributed by atoms with Gasteiger partial charge in [-0.05, 0) is 85.5 Å². The van der Waals surface area contributed by atoms with Gasteiger partial charge in [0.05, 0.1) is 17.1 Å². The van der Waals surface area contributed by atoms with Crippen LogP contribution in [0.1, 0.15) is 25.0 Å². The van der Waals surface area contributed by atoms with Crippen LogP contribution in [0.3, 0.4) is 0 Å². The molecule has 3 aromatic heterocycles. The van der Waals surface area contributed by atoms with Gasteiger partial charge < -0.3 is 14.2 Å². The zero-order valence-electron chi connectivity index (χ0n) is 27.4. The number of aromatic nitrogens is 3. The number of nitrogens with zero attached hydrogens (tertiary/aromatic N) is 4. The third-order valence-corrected chi connectivity index (χ3v) is 9.73. The first-order valence-electron chi connectivity index (χ1n) is 16.6. The highest BCUT2D eigenvalue weighted by molar-refractivity contribution is 6.11. The van der Waals surface area contributed by atoms with E-state index >= 15 is 0 Å². The summed E-state index contributed by atoms with van der Waals surface area (Å²) in [5.41, 5.74) is 10.8. The first kappa shape index (κ1) is 28.9. The maximum absolute atomic E-state index is 6.54. The van der Waals surface area contributed by atoms with Crippen LogP contribution in [0.25, 0.3) is 38.9 Å². The highest BCUT2D eigenvalue weighted by atomic mass is 16.5. The van der Waals surface area contributed by atoms with Crippen LogP contribution < -0.4 is 14.2 Å². The van der Waals surface area contributed by atoms with Crippen molar-refractivity contribution >= 4 is 39.0 Å². The lowest BCUT2D eigenvalue weighted by atomic mass is 9.72. The normalized spacial score (nSPS) is 13.3. The minimum absolute atomic E-state index is 0.311. The van der Waals surface area contributed by atoms with Gasteiger partial charge in [-0.2, -0.15) is 0 Å². The molecule has 5 heteroatoms. The summed E-state index contributed by atoms with van der Waals surface area (Å²) in [6.45, 7) is 4.70. The van der Waals surface area contributed by atoms with Crippen molar-refractivity contribution in [1.82, 2.24) is 9.55 Å². The first-order valence-corrected chi connectivity index (χ1v) is 16.6. The molecular weight excluding hydrogens is 601 g/mol. The predicted octanol–water partition coefficient (Wildman–Crippen LogP) is 10.7. The summed E-state index contributed by atoms with van der Waals surface area (Å²) < 4.78 is 10.9. The first-order chi connectivity index (χ1) is 24.0. The van der Waals surface area contributed by atoms with Gasteiger partial charge in [0.2, 0.25) is 0 Å². The minimum Gasteiger partial charge on any atom is -0.457 e. The molecule has 4 heterocycles. The molecule has 0 amide bonds. The van der Waals surface area contributed by atoms with Gasteiger partial charge in [0, 0.05) is 45.3 Å². The summed E-state index contributed by atoms with van der Waals surface area (Å²) in [7, 11) is 4.45. The zero-order valence-corrected chi connectivity index (χ0v) is 27.4. The molecule has 1 aliphatic rings. The van der Waals surface area contributed by atoms with Crippen molar-refractivity contribution in [2.24, 2.45) is 0 Å². The lowest BCUT2D eigenvalue weighted by Crippen LogP contribution is -2.31. The van der Waals surface area contributed by atoms with Gasteiger partial charge in [-0.15, -0.1) is 0 Å². The third-order valence-electron chi connectivity index (χ3n) is 9.73. The Kier molecular flexibility index (Phi) is 6.56. The molecule has 0 atom stereocenters. The van der Waals surface area contributed by atoms with Crippen molar-refractivity contribution in [3.05, 3.63) is 176 Å². The number of hydrogen-bond donors (Lipinski definition) is 0. The van der Waals surface area contributed by atoms with Crippen LogP contribution in [0.2, 0.25) is 0 Å². The molecule has 5 aromatic carbocycles. The fourth-order valence-corrected chi connectivity index (χ4v) is 7.58. The number of ether oxygens (including phenoxy) is 1. The van der Waals surface area contributed by atoms with E-state index in [2.05, 4.69) is 138 Å². The molecule has 0 N–H and O–H groups in total. The average molecular weight is 635 g/mol. The lowest BCUT2D eigenvalue weighted by Gasteiger charge is -2.42. The molecule has 0 fully saturated rings. The van der Waals surface area contributed by atoms with E-state index < -0.39 is 0 Å². The summed E-state index contributed by atoms with van der Waals surface area (Å²) in [5, 5.41) is 2.33. The largest absolute Gasteiger partial charge is 0.457 e. The van der Waals surface area contributed by atoms with Gasteiger partial charge in [-0.3, -0.25) is 4.98 Å². The van der Waals surface area contributed by atoms with Crippen LogP contribution in [0.4, 0.5) is 17.1 Å². The highest BCUT2D eigenvalue weighted by Gasteiger charge is 2.40. The molecule has 236 valence electrons. The van der Waals surface area contributed by atoms with Crippen LogP contribution in [-0.2, 0) is 5.41 Å². The molecule has 49 heavy (non-hydrogen) atoms.